The van der Waals surface area contributed by atoms with E-state index in [-0.39, 0.29) is 24.0 Å². The van der Waals surface area contributed by atoms with Crippen LogP contribution < -0.4 is 15.5 Å². The number of nitrogens with one attached hydrogen (secondary N) is 2. The Morgan fingerprint density at radius 1 is 1.27 bits per heavy atom. The molecule has 0 amide bonds. The molecular weight excluding hydrogens is 493 g/mol. The molecule has 0 radical (unpaired) electrons. The third kappa shape index (κ3) is 6.83. The number of hydrogen-bond acceptors (Lipinski definition) is 5. The molecule has 1 fully saturated rings. The maximum absolute atomic E-state index is 10.8. The standard InChI is InChI=1S/C21H33N7O.HI/c1-4-22-20(25-16-21(2,29)18-14-26-27(3)15-18)24-13-17-8-9-23-19(12-17)28-10-6-5-7-11-28;/h8-9,12,14-15,29H,4-7,10-11,13,16H2,1-3H3,(H2,22,24,25);1H. The van der Waals surface area contributed by atoms with Gasteiger partial charge in [-0.05, 0) is 50.8 Å². The number of hydrogen-bond donors (Lipinski definition) is 3. The molecule has 166 valence electrons. The van der Waals surface area contributed by atoms with Gasteiger partial charge in [0, 0.05) is 44.6 Å². The summed E-state index contributed by atoms with van der Waals surface area (Å²) in [6, 6.07) is 4.14. The van der Waals surface area contributed by atoms with Crippen LogP contribution in [0.3, 0.4) is 0 Å². The Balaban J connectivity index is 0.00000320. The SMILES string of the molecule is CCNC(=NCc1ccnc(N2CCCCC2)c1)NCC(C)(O)c1cnn(C)c1.I. The summed E-state index contributed by atoms with van der Waals surface area (Å²) in [5, 5.41) is 21.4. The second-order valence-corrected chi connectivity index (χ2v) is 7.80. The van der Waals surface area contributed by atoms with Crippen molar-refractivity contribution in [2.45, 2.75) is 45.3 Å². The van der Waals surface area contributed by atoms with Gasteiger partial charge < -0.3 is 20.6 Å². The Kier molecular flexibility index (Phi) is 9.35. The number of pyridine rings is 1. The zero-order valence-electron chi connectivity index (χ0n) is 18.1. The summed E-state index contributed by atoms with van der Waals surface area (Å²) in [6.07, 6.45) is 9.14. The highest BCUT2D eigenvalue weighted by Gasteiger charge is 2.25. The van der Waals surface area contributed by atoms with Crippen LogP contribution >= 0.6 is 24.0 Å². The summed E-state index contributed by atoms with van der Waals surface area (Å²) in [5.74, 6) is 1.71. The zero-order chi connectivity index (χ0) is 20.7. The number of anilines is 1. The van der Waals surface area contributed by atoms with Crippen LogP contribution in [-0.2, 0) is 19.2 Å². The summed E-state index contributed by atoms with van der Waals surface area (Å²) in [5.41, 5.74) is 0.850. The maximum atomic E-state index is 10.8. The van der Waals surface area contributed by atoms with Crippen LogP contribution in [0.4, 0.5) is 5.82 Å². The molecule has 1 aliphatic heterocycles. The summed E-state index contributed by atoms with van der Waals surface area (Å²) < 4.78 is 1.69. The van der Waals surface area contributed by atoms with Crippen LogP contribution in [0.5, 0.6) is 0 Å². The highest BCUT2D eigenvalue weighted by molar-refractivity contribution is 14.0. The van der Waals surface area contributed by atoms with Crippen molar-refractivity contribution in [3.8, 4) is 0 Å². The molecule has 1 unspecified atom stereocenters. The van der Waals surface area contributed by atoms with Gasteiger partial charge in [0.05, 0.1) is 19.3 Å². The zero-order valence-corrected chi connectivity index (χ0v) is 20.5. The average Bonchev–Trinajstić information content (AvgIpc) is 3.18. The summed E-state index contributed by atoms with van der Waals surface area (Å²) in [4.78, 5) is 11.6. The van der Waals surface area contributed by atoms with Gasteiger partial charge in [0.1, 0.15) is 11.4 Å². The molecule has 3 rings (SSSR count). The first-order chi connectivity index (χ1) is 14.0. The van der Waals surface area contributed by atoms with Gasteiger partial charge in [-0.25, -0.2) is 9.98 Å². The van der Waals surface area contributed by atoms with Crippen molar-refractivity contribution in [3.05, 3.63) is 41.9 Å². The van der Waals surface area contributed by atoms with Gasteiger partial charge in [-0.15, -0.1) is 24.0 Å². The maximum Gasteiger partial charge on any atom is 0.191 e. The lowest BCUT2D eigenvalue weighted by atomic mass is 10.00. The number of piperidine rings is 1. The fourth-order valence-corrected chi connectivity index (χ4v) is 3.42. The van der Waals surface area contributed by atoms with Gasteiger partial charge >= 0.3 is 0 Å². The smallest absolute Gasteiger partial charge is 0.191 e. The largest absolute Gasteiger partial charge is 0.383 e. The Labute approximate surface area is 196 Å². The molecule has 0 saturated carbocycles. The van der Waals surface area contributed by atoms with Crippen molar-refractivity contribution in [1.29, 1.82) is 0 Å². The Bertz CT molecular complexity index is 815. The molecule has 8 nitrogen and oxygen atoms in total. The van der Waals surface area contributed by atoms with Crippen molar-refractivity contribution < 1.29 is 5.11 Å². The molecule has 0 aromatic carbocycles. The second-order valence-electron chi connectivity index (χ2n) is 7.80. The summed E-state index contributed by atoms with van der Waals surface area (Å²) in [7, 11) is 1.84. The van der Waals surface area contributed by atoms with E-state index in [2.05, 4.69) is 36.7 Å². The fraction of sp³-hybridized carbons (Fsp3) is 0.571. The first-order valence-electron chi connectivity index (χ1n) is 10.4. The molecule has 2 aromatic rings. The number of aliphatic imine (C=N–C) groups is 1. The predicted molar refractivity (Wildman–Crippen MR) is 131 cm³/mol. The van der Waals surface area contributed by atoms with Crippen LogP contribution in [-0.4, -0.2) is 52.0 Å². The summed E-state index contributed by atoms with van der Waals surface area (Å²) in [6.45, 7) is 7.58. The highest BCUT2D eigenvalue weighted by Crippen LogP contribution is 2.19. The molecule has 3 heterocycles. The van der Waals surface area contributed by atoms with Gasteiger partial charge in [0.2, 0.25) is 0 Å². The van der Waals surface area contributed by atoms with E-state index in [0.29, 0.717) is 19.0 Å². The number of halogens is 1. The molecule has 0 aliphatic carbocycles. The molecule has 2 aromatic heterocycles. The highest BCUT2D eigenvalue weighted by atomic mass is 127. The number of guanidine groups is 1. The Hall–Kier alpha value is -1.88. The van der Waals surface area contributed by atoms with E-state index < -0.39 is 5.60 Å². The van der Waals surface area contributed by atoms with E-state index in [1.165, 1.54) is 19.3 Å². The molecule has 9 heteroatoms. The quantitative estimate of drug-likeness (QED) is 0.291. The Morgan fingerprint density at radius 3 is 2.70 bits per heavy atom. The molecule has 1 aliphatic rings. The van der Waals surface area contributed by atoms with Crippen LogP contribution in [0.1, 0.15) is 44.2 Å². The van der Waals surface area contributed by atoms with Crippen molar-refractivity contribution in [2.24, 2.45) is 12.0 Å². The van der Waals surface area contributed by atoms with Crippen LogP contribution in [0, 0.1) is 0 Å². The molecular formula is C21H34IN7O. The van der Waals surface area contributed by atoms with E-state index in [0.717, 1.165) is 36.6 Å². The average molecular weight is 527 g/mol. The van der Waals surface area contributed by atoms with E-state index in [9.17, 15) is 5.11 Å². The first kappa shape index (κ1) is 24.4. The third-order valence-corrected chi connectivity index (χ3v) is 5.18. The van der Waals surface area contributed by atoms with Crippen molar-refractivity contribution >= 4 is 35.8 Å². The van der Waals surface area contributed by atoms with Crippen LogP contribution in [0.2, 0.25) is 0 Å². The minimum absolute atomic E-state index is 0. The van der Waals surface area contributed by atoms with E-state index in [1.54, 1.807) is 17.8 Å². The predicted octanol–water partition coefficient (Wildman–Crippen LogP) is 2.39. The lowest BCUT2D eigenvalue weighted by molar-refractivity contribution is 0.0616. The molecule has 0 bridgehead atoms. The number of rotatable bonds is 7. The van der Waals surface area contributed by atoms with Gasteiger partial charge in [0.25, 0.3) is 0 Å². The normalized spacial score (nSPS) is 16.5. The second kappa shape index (κ2) is 11.5. The molecule has 3 N–H and O–H groups in total. The van der Waals surface area contributed by atoms with Gasteiger partial charge in [-0.1, -0.05) is 0 Å². The monoisotopic (exact) mass is 527 g/mol. The fourth-order valence-electron chi connectivity index (χ4n) is 3.42. The topological polar surface area (TPSA) is 90.6 Å². The number of aryl methyl sites for hydroxylation is 1. The van der Waals surface area contributed by atoms with Gasteiger partial charge in [-0.3, -0.25) is 4.68 Å². The molecule has 1 atom stereocenters. The van der Waals surface area contributed by atoms with E-state index in [1.807, 2.05) is 32.4 Å². The first-order valence-corrected chi connectivity index (χ1v) is 10.4. The van der Waals surface area contributed by atoms with Crippen molar-refractivity contribution in [2.75, 3.05) is 31.1 Å². The lowest BCUT2D eigenvalue weighted by Gasteiger charge is -2.27. The third-order valence-electron chi connectivity index (χ3n) is 5.18. The molecule has 30 heavy (non-hydrogen) atoms. The number of aliphatic hydroxyl groups is 1. The molecule has 1 saturated heterocycles. The number of nitrogens with zero attached hydrogens (tertiary/aromatic N) is 5. The van der Waals surface area contributed by atoms with Crippen LogP contribution in [0.25, 0.3) is 0 Å². The lowest BCUT2D eigenvalue weighted by Crippen LogP contribution is -2.44. The van der Waals surface area contributed by atoms with E-state index in [4.69, 9.17) is 0 Å². The summed E-state index contributed by atoms with van der Waals surface area (Å²) >= 11 is 0. The van der Waals surface area contributed by atoms with Gasteiger partial charge in [-0.2, -0.15) is 5.10 Å². The van der Waals surface area contributed by atoms with Crippen molar-refractivity contribution in [1.82, 2.24) is 25.4 Å². The van der Waals surface area contributed by atoms with Gasteiger partial charge in [0.15, 0.2) is 5.96 Å². The number of aromatic nitrogens is 3. The Morgan fingerprint density at radius 2 is 2.03 bits per heavy atom. The van der Waals surface area contributed by atoms with E-state index >= 15 is 0 Å². The van der Waals surface area contributed by atoms with Crippen molar-refractivity contribution in [3.63, 3.8) is 0 Å². The van der Waals surface area contributed by atoms with Crippen LogP contribution in [0.15, 0.2) is 35.7 Å². The minimum Gasteiger partial charge on any atom is -0.383 e. The minimum atomic E-state index is -1.04. The molecule has 0 spiro atoms.